The van der Waals surface area contributed by atoms with Gasteiger partial charge < -0.3 is 10.6 Å². The molecule has 0 saturated heterocycles. The van der Waals surface area contributed by atoms with Gasteiger partial charge in [-0.05, 0) is 19.1 Å². The van der Waals surface area contributed by atoms with Gasteiger partial charge in [0.15, 0.2) is 5.65 Å². The highest BCUT2D eigenvalue weighted by atomic mass is 15.3. The molecule has 0 amide bonds. The first-order valence-electron chi connectivity index (χ1n) is 7.05. The van der Waals surface area contributed by atoms with Crippen molar-refractivity contribution in [1.82, 2.24) is 19.7 Å². The Kier molecular flexibility index (Phi) is 3.74. The molecule has 22 heavy (non-hydrogen) atoms. The van der Waals surface area contributed by atoms with Crippen LogP contribution in [0.5, 0.6) is 0 Å². The number of benzene rings is 1. The van der Waals surface area contributed by atoms with Crippen LogP contribution in [0.15, 0.2) is 43.1 Å². The van der Waals surface area contributed by atoms with Crippen LogP contribution < -0.4 is 10.6 Å². The van der Waals surface area contributed by atoms with Crippen molar-refractivity contribution in [1.29, 1.82) is 0 Å². The quantitative estimate of drug-likeness (QED) is 0.708. The molecule has 0 bridgehead atoms. The molecular weight excluding hydrogens is 276 g/mol. The van der Waals surface area contributed by atoms with Crippen molar-refractivity contribution in [3.63, 3.8) is 0 Å². The normalized spacial score (nSPS) is 10.6. The fourth-order valence-electron chi connectivity index (χ4n) is 2.13. The maximum atomic E-state index is 4.54. The number of aryl methyl sites for hydroxylation is 2. The van der Waals surface area contributed by atoms with Gasteiger partial charge in [0.05, 0.1) is 11.6 Å². The molecule has 2 N–H and O–H groups in total. The minimum atomic E-state index is 0.547. The van der Waals surface area contributed by atoms with Crippen molar-refractivity contribution < 1.29 is 0 Å². The van der Waals surface area contributed by atoms with Crippen LogP contribution in [0.1, 0.15) is 5.56 Å². The Labute approximate surface area is 128 Å². The van der Waals surface area contributed by atoms with E-state index in [1.165, 1.54) is 5.56 Å². The van der Waals surface area contributed by atoms with Crippen LogP contribution in [-0.2, 0) is 7.05 Å². The largest absolute Gasteiger partial charge is 0.351 e. The number of nitrogens with one attached hydrogen (secondary N) is 2. The Morgan fingerprint density at radius 1 is 1.23 bits per heavy atom. The van der Waals surface area contributed by atoms with Crippen LogP contribution in [-0.4, -0.2) is 26.3 Å². The Hall–Kier alpha value is -2.89. The molecule has 0 aliphatic heterocycles. The van der Waals surface area contributed by atoms with Gasteiger partial charge in [0.2, 0.25) is 5.95 Å². The molecule has 0 unspecified atom stereocenters. The summed E-state index contributed by atoms with van der Waals surface area (Å²) in [5.41, 5.74) is 2.97. The fourth-order valence-corrected chi connectivity index (χ4v) is 2.13. The van der Waals surface area contributed by atoms with Gasteiger partial charge in [-0.25, -0.2) is 0 Å². The first-order valence-corrected chi connectivity index (χ1v) is 7.05. The molecular formula is C16H18N6. The molecule has 0 saturated carbocycles. The van der Waals surface area contributed by atoms with Gasteiger partial charge in [-0.15, -0.1) is 6.58 Å². The van der Waals surface area contributed by atoms with Gasteiger partial charge in [0.25, 0.3) is 0 Å². The molecule has 2 heterocycles. The number of hydrogen-bond acceptors (Lipinski definition) is 5. The van der Waals surface area contributed by atoms with E-state index in [0.717, 1.165) is 22.5 Å². The highest BCUT2D eigenvalue weighted by Crippen LogP contribution is 2.24. The summed E-state index contributed by atoms with van der Waals surface area (Å²) in [6.45, 7) is 6.36. The lowest BCUT2D eigenvalue weighted by Gasteiger charge is -2.09. The third-order valence-electron chi connectivity index (χ3n) is 3.31. The Morgan fingerprint density at radius 3 is 2.73 bits per heavy atom. The van der Waals surface area contributed by atoms with Gasteiger partial charge in [-0.2, -0.15) is 15.1 Å². The molecule has 3 rings (SSSR count). The SMILES string of the molecule is C=CCNc1nc(Nc2ccc(C)cc2)c2cnn(C)c2n1. The van der Waals surface area contributed by atoms with Crippen LogP contribution in [0.2, 0.25) is 0 Å². The molecule has 0 aliphatic carbocycles. The maximum absolute atomic E-state index is 4.54. The van der Waals surface area contributed by atoms with Gasteiger partial charge in [-0.3, -0.25) is 4.68 Å². The van der Waals surface area contributed by atoms with Crippen LogP contribution in [0.4, 0.5) is 17.5 Å². The second-order valence-corrected chi connectivity index (χ2v) is 5.06. The molecule has 3 aromatic rings. The van der Waals surface area contributed by atoms with E-state index in [9.17, 15) is 0 Å². The minimum Gasteiger partial charge on any atom is -0.351 e. The monoisotopic (exact) mass is 294 g/mol. The predicted molar refractivity (Wildman–Crippen MR) is 89.5 cm³/mol. The highest BCUT2D eigenvalue weighted by Gasteiger charge is 2.11. The molecule has 6 nitrogen and oxygen atoms in total. The summed E-state index contributed by atoms with van der Waals surface area (Å²) in [5.74, 6) is 1.28. The zero-order chi connectivity index (χ0) is 15.5. The van der Waals surface area contributed by atoms with Crippen LogP contribution in [0.25, 0.3) is 11.0 Å². The molecule has 6 heteroatoms. The molecule has 0 radical (unpaired) electrons. The number of nitrogens with zero attached hydrogens (tertiary/aromatic N) is 4. The van der Waals surface area contributed by atoms with E-state index in [-0.39, 0.29) is 0 Å². The van der Waals surface area contributed by atoms with E-state index in [0.29, 0.717) is 12.5 Å². The van der Waals surface area contributed by atoms with Crippen LogP contribution >= 0.6 is 0 Å². The Morgan fingerprint density at radius 2 is 2.00 bits per heavy atom. The van der Waals surface area contributed by atoms with Crippen molar-refractivity contribution in [2.45, 2.75) is 6.92 Å². The number of rotatable bonds is 5. The standard InChI is InChI=1S/C16H18N6/c1-4-9-17-16-20-14(13-10-18-22(3)15(13)21-16)19-12-7-5-11(2)6-8-12/h4-8,10H,1,9H2,2-3H3,(H2,17,19,20,21). The van der Waals surface area contributed by atoms with E-state index < -0.39 is 0 Å². The number of hydrogen-bond donors (Lipinski definition) is 2. The number of aromatic nitrogens is 4. The first kappa shape index (κ1) is 14.1. The zero-order valence-corrected chi connectivity index (χ0v) is 12.7. The molecule has 112 valence electrons. The maximum Gasteiger partial charge on any atom is 0.226 e. The van der Waals surface area contributed by atoms with Gasteiger partial charge in [-0.1, -0.05) is 23.8 Å². The summed E-state index contributed by atoms with van der Waals surface area (Å²) in [6.07, 6.45) is 3.53. The molecule has 1 aromatic carbocycles. The topological polar surface area (TPSA) is 67.7 Å². The smallest absolute Gasteiger partial charge is 0.226 e. The number of fused-ring (bicyclic) bond motifs is 1. The first-order chi connectivity index (χ1) is 10.7. The molecule has 0 atom stereocenters. The summed E-state index contributed by atoms with van der Waals surface area (Å²) >= 11 is 0. The van der Waals surface area contributed by atoms with Crippen LogP contribution in [0, 0.1) is 6.92 Å². The zero-order valence-electron chi connectivity index (χ0n) is 12.7. The third kappa shape index (κ3) is 2.76. The van der Waals surface area contributed by atoms with Crippen molar-refractivity contribution in [3.05, 3.63) is 48.7 Å². The van der Waals surface area contributed by atoms with Crippen molar-refractivity contribution >= 4 is 28.5 Å². The van der Waals surface area contributed by atoms with E-state index >= 15 is 0 Å². The van der Waals surface area contributed by atoms with Gasteiger partial charge >= 0.3 is 0 Å². The highest BCUT2D eigenvalue weighted by molar-refractivity contribution is 5.89. The van der Waals surface area contributed by atoms with E-state index in [2.05, 4.69) is 51.3 Å². The summed E-state index contributed by atoms with van der Waals surface area (Å²) in [4.78, 5) is 9.01. The lowest BCUT2D eigenvalue weighted by molar-refractivity contribution is 0.785. The van der Waals surface area contributed by atoms with Crippen molar-refractivity contribution in [3.8, 4) is 0 Å². The molecule has 0 fully saturated rings. The van der Waals surface area contributed by atoms with Gasteiger partial charge in [0.1, 0.15) is 5.82 Å². The van der Waals surface area contributed by atoms with Gasteiger partial charge in [0, 0.05) is 19.3 Å². The second-order valence-electron chi connectivity index (χ2n) is 5.06. The van der Waals surface area contributed by atoms with E-state index in [1.807, 2.05) is 19.2 Å². The van der Waals surface area contributed by atoms with Crippen LogP contribution in [0.3, 0.4) is 0 Å². The molecule has 0 spiro atoms. The average Bonchev–Trinajstić information content (AvgIpc) is 2.89. The summed E-state index contributed by atoms with van der Waals surface area (Å²) in [6, 6.07) is 8.16. The lowest BCUT2D eigenvalue weighted by Crippen LogP contribution is -2.06. The van der Waals surface area contributed by atoms with Crippen molar-refractivity contribution in [2.75, 3.05) is 17.2 Å². The average molecular weight is 294 g/mol. The fraction of sp³-hybridized carbons (Fsp3) is 0.188. The lowest BCUT2D eigenvalue weighted by atomic mass is 10.2. The Bertz CT molecular complexity index is 803. The number of anilines is 3. The Balaban J connectivity index is 2.02. The second kappa shape index (κ2) is 5.85. The summed E-state index contributed by atoms with van der Waals surface area (Å²) in [7, 11) is 1.86. The third-order valence-corrected chi connectivity index (χ3v) is 3.31. The summed E-state index contributed by atoms with van der Waals surface area (Å²) < 4.78 is 1.73. The van der Waals surface area contributed by atoms with E-state index in [1.54, 1.807) is 17.0 Å². The van der Waals surface area contributed by atoms with E-state index in [4.69, 9.17) is 0 Å². The molecule has 0 aliphatic rings. The van der Waals surface area contributed by atoms with Crippen molar-refractivity contribution in [2.24, 2.45) is 7.05 Å². The minimum absolute atomic E-state index is 0.547. The molecule has 2 aromatic heterocycles. The predicted octanol–water partition coefficient (Wildman–Crippen LogP) is 3.01. The summed E-state index contributed by atoms with van der Waals surface area (Å²) in [5, 5.41) is 11.6.